The zero-order chi connectivity index (χ0) is 14.9. The Balaban J connectivity index is 1.70. The van der Waals surface area contributed by atoms with Crippen molar-refractivity contribution in [3.63, 3.8) is 0 Å². The van der Waals surface area contributed by atoms with Gasteiger partial charge in [0.25, 0.3) is 0 Å². The third-order valence-electron chi connectivity index (χ3n) is 3.07. The van der Waals surface area contributed by atoms with E-state index < -0.39 is 0 Å². The number of benzene rings is 2. The zero-order valence-corrected chi connectivity index (χ0v) is 13.1. The van der Waals surface area contributed by atoms with Crippen molar-refractivity contribution in [1.29, 1.82) is 0 Å². The minimum atomic E-state index is 0.495. The molecule has 0 aliphatic rings. The molecular formula is C17H21NO2S. The fourth-order valence-electron chi connectivity index (χ4n) is 1.92. The first-order valence-corrected chi connectivity index (χ1v) is 8.23. The van der Waals surface area contributed by atoms with Gasteiger partial charge in [-0.2, -0.15) is 0 Å². The lowest BCUT2D eigenvalue weighted by Gasteiger charge is -2.11. The van der Waals surface area contributed by atoms with Gasteiger partial charge in [0.05, 0.1) is 13.2 Å². The van der Waals surface area contributed by atoms with Gasteiger partial charge in [0.15, 0.2) is 0 Å². The lowest BCUT2D eigenvalue weighted by molar-refractivity contribution is 0.246. The van der Waals surface area contributed by atoms with Gasteiger partial charge in [-0.1, -0.05) is 18.2 Å². The Morgan fingerprint density at radius 3 is 2.38 bits per heavy atom. The summed E-state index contributed by atoms with van der Waals surface area (Å²) in [6, 6.07) is 16.0. The van der Waals surface area contributed by atoms with E-state index in [4.69, 9.17) is 15.2 Å². The Labute approximate surface area is 130 Å². The summed E-state index contributed by atoms with van der Waals surface area (Å²) in [5, 5.41) is 0. The van der Waals surface area contributed by atoms with Gasteiger partial charge in [-0.05, 0) is 36.6 Å². The molecule has 0 radical (unpaired) electrons. The molecule has 0 bridgehead atoms. The number of para-hydroxylation sites is 1. The Kier molecular flexibility index (Phi) is 6.44. The summed E-state index contributed by atoms with van der Waals surface area (Å²) < 4.78 is 11.4. The average molecular weight is 303 g/mol. The SMILES string of the molecule is CSc1ccc(OCCCOc2ccccc2CN)cc1. The molecule has 0 heterocycles. The fourth-order valence-corrected chi connectivity index (χ4v) is 2.32. The topological polar surface area (TPSA) is 44.5 Å². The first-order chi connectivity index (χ1) is 10.3. The molecule has 0 spiro atoms. The van der Waals surface area contributed by atoms with E-state index >= 15 is 0 Å². The van der Waals surface area contributed by atoms with Crippen LogP contribution in [-0.2, 0) is 6.54 Å². The quantitative estimate of drug-likeness (QED) is 0.596. The second kappa shape index (κ2) is 8.60. The zero-order valence-electron chi connectivity index (χ0n) is 12.2. The molecule has 0 saturated heterocycles. The van der Waals surface area contributed by atoms with E-state index in [1.807, 2.05) is 36.4 Å². The summed E-state index contributed by atoms with van der Waals surface area (Å²) in [6.07, 6.45) is 2.90. The monoisotopic (exact) mass is 303 g/mol. The molecule has 4 heteroatoms. The predicted molar refractivity (Wildman–Crippen MR) is 88.2 cm³/mol. The second-order valence-corrected chi connectivity index (χ2v) is 5.42. The molecule has 2 N–H and O–H groups in total. The standard InChI is InChI=1S/C17H21NO2S/c1-21-16-9-7-15(8-10-16)19-11-4-12-20-17-6-3-2-5-14(17)13-18/h2-3,5-10H,4,11-13,18H2,1H3. The maximum atomic E-state index is 5.74. The van der Waals surface area contributed by atoms with E-state index in [0.717, 1.165) is 23.5 Å². The number of thioether (sulfide) groups is 1. The summed E-state index contributed by atoms with van der Waals surface area (Å²) in [5.74, 6) is 1.76. The molecule has 0 aliphatic heterocycles. The van der Waals surface area contributed by atoms with Crippen LogP contribution in [0.5, 0.6) is 11.5 Å². The van der Waals surface area contributed by atoms with Crippen LogP contribution in [0.1, 0.15) is 12.0 Å². The smallest absolute Gasteiger partial charge is 0.123 e. The van der Waals surface area contributed by atoms with Crippen molar-refractivity contribution in [1.82, 2.24) is 0 Å². The molecule has 2 aromatic rings. The number of rotatable bonds is 8. The van der Waals surface area contributed by atoms with Crippen molar-refractivity contribution in [3.05, 3.63) is 54.1 Å². The number of hydrogen-bond donors (Lipinski definition) is 1. The minimum absolute atomic E-state index is 0.495. The van der Waals surface area contributed by atoms with Gasteiger partial charge < -0.3 is 15.2 Å². The van der Waals surface area contributed by atoms with Gasteiger partial charge >= 0.3 is 0 Å². The minimum Gasteiger partial charge on any atom is -0.493 e. The van der Waals surface area contributed by atoms with Gasteiger partial charge in [-0.15, -0.1) is 11.8 Å². The predicted octanol–water partition coefficient (Wildman–Crippen LogP) is 3.72. The molecular weight excluding hydrogens is 282 g/mol. The summed E-state index contributed by atoms with van der Waals surface area (Å²) in [4.78, 5) is 1.24. The van der Waals surface area contributed by atoms with Gasteiger partial charge in [0.1, 0.15) is 11.5 Å². The highest BCUT2D eigenvalue weighted by Crippen LogP contribution is 2.19. The molecule has 112 valence electrons. The summed E-state index contributed by atoms with van der Waals surface area (Å²) >= 11 is 1.72. The maximum Gasteiger partial charge on any atom is 0.123 e. The van der Waals surface area contributed by atoms with Gasteiger partial charge in [-0.3, -0.25) is 0 Å². The lowest BCUT2D eigenvalue weighted by atomic mass is 10.2. The van der Waals surface area contributed by atoms with Crippen LogP contribution in [0.25, 0.3) is 0 Å². The van der Waals surface area contributed by atoms with Crippen LogP contribution in [0.3, 0.4) is 0 Å². The van der Waals surface area contributed by atoms with E-state index in [1.165, 1.54) is 4.90 Å². The van der Waals surface area contributed by atoms with E-state index in [9.17, 15) is 0 Å². The Bertz CT molecular complexity index is 543. The molecule has 0 saturated carbocycles. The maximum absolute atomic E-state index is 5.74. The van der Waals surface area contributed by atoms with Crippen LogP contribution < -0.4 is 15.2 Å². The van der Waals surface area contributed by atoms with Crippen LogP contribution in [-0.4, -0.2) is 19.5 Å². The van der Waals surface area contributed by atoms with E-state index in [2.05, 4.69) is 18.4 Å². The second-order valence-electron chi connectivity index (χ2n) is 4.54. The van der Waals surface area contributed by atoms with Crippen molar-refractivity contribution in [3.8, 4) is 11.5 Å². The Morgan fingerprint density at radius 1 is 0.952 bits per heavy atom. The fraction of sp³-hybridized carbons (Fsp3) is 0.294. The molecule has 0 aromatic heterocycles. The molecule has 0 unspecified atom stereocenters. The molecule has 0 aliphatic carbocycles. The van der Waals surface area contributed by atoms with Crippen LogP contribution >= 0.6 is 11.8 Å². The lowest BCUT2D eigenvalue weighted by Crippen LogP contribution is -2.07. The highest BCUT2D eigenvalue weighted by atomic mass is 32.2. The van der Waals surface area contributed by atoms with Crippen molar-refractivity contribution < 1.29 is 9.47 Å². The average Bonchev–Trinajstić information content (AvgIpc) is 2.55. The van der Waals surface area contributed by atoms with Crippen molar-refractivity contribution in [2.45, 2.75) is 17.9 Å². The van der Waals surface area contributed by atoms with Gasteiger partial charge in [0.2, 0.25) is 0 Å². The highest BCUT2D eigenvalue weighted by Gasteiger charge is 2.00. The first kappa shape index (κ1) is 15.7. The third kappa shape index (κ3) is 4.99. The van der Waals surface area contributed by atoms with Gasteiger partial charge in [-0.25, -0.2) is 0 Å². The number of hydrogen-bond acceptors (Lipinski definition) is 4. The van der Waals surface area contributed by atoms with Crippen LogP contribution in [0, 0.1) is 0 Å². The third-order valence-corrected chi connectivity index (χ3v) is 3.81. The Hall–Kier alpha value is -1.65. The molecule has 21 heavy (non-hydrogen) atoms. The van der Waals surface area contributed by atoms with Crippen LogP contribution in [0.15, 0.2) is 53.4 Å². The van der Waals surface area contributed by atoms with Crippen LogP contribution in [0.4, 0.5) is 0 Å². The molecule has 2 aromatic carbocycles. The first-order valence-electron chi connectivity index (χ1n) is 7.01. The molecule has 2 rings (SSSR count). The summed E-state index contributed by atoms with van der Waals surface area (Å²) in [6.45, 7) is 1.76. The van der Waals surface area contributed by atoms with E-state index in [-0.39, 0.29) is 0 Å². The summed E-state index contributed by atoms with van der Waals surface area (Å²) in [7, 11) is 0. The molecule has 0 amide bonds. The van der Waals surface area contributed by atoms with E-state index in [0.29, 0.717) is 19.8 Å². The largest absolute Gasteiger partial charge is 0.493 e. The molecule has 0 atom stereocenters. The number of nitrogens with two attached hydrogens (primary N) is 1. The van der Waals surface area contributed by atoms with Crippen LogP contribution in [0.2, 0.25) is 0 Å². The molecule has 3 nitrogen and oxygen atoms in total. The molecule has 0 fully saturated rings. The van der Waals surface area contributed by atoms with Crippen molar-refractivity contribution >= 4 is 11.8 Å². The highest BCUT2D eigenvalue weighted by molar-refractivity contribution is 7.98. The van der Waals surface area contributed by atoms with Crippen molar-refractivity contribution in [2.24, 2.45) is 5.73 Å². The Morgan fingerprint density at radius 2 is 1.67 bits per heavy atom. The summed E-state index contributed by atoms with van der Waals surface area (Å²) in [5.41, 5.74) is 6.71. The number of ether oxygens (including phenoxy) is 2. The van der Waals surface area contributed by atoms with Crippen molar-refractivity contribution in [2.75, 3.05) is 19.5 Å². The van der Waals surface area contributed by atoms with E-state index in [1.54, 1.807) is 11.8 Å². The normalized spacial score (nSPS) is 10.4. The van der Waals surface area contributed by atoms with Gasteiger partial charge in [0, 0.05) is 23.4 Å².